The molecule has 1 N–H and O–H groups in total. The lowest BCUT2D eigenvalue weighted by Gasteiger charge is -2.32. The first-order valence-electron chi connectivity index (χ1n) is 9.54. The number of amides is 1. The van der Waals surface area contributed by atoms with Crippen molar-refractivity contribution in [2.45, 2.75) is 39.5 Å². The van der Waals surface area contributed by atoms with Gasteiger partial charge in [0.05, 0.1) is 6.54 Å². The molecule has 1 fully saturated rings. The Morgan fingerprint density at radius 3 is 2.62 bits per heavy atom. The van der Waals surface area contributed by atoms with Crippen LogP contribution in [0.4, 0.5) is 5.82 Å². The number of anilines is 1. The van der Waals surface area contributed by atoms with Gasteiger partial charge in [0.25, 0.3) is 0 Å². The predicted molar refractivity (Wildman–Crippen MR) is 104 cm³/mol. The third-order valence-corrected chi connectivity index (χ3v) is 5.01. The van der Waals surface area contributed by atoms with Gasteiger partial charge in [-0.25, -0.2) is 9.97 Å². The van der Waals surface area contributed by atoms with Gasteiger partial charge in [-0.2, -0.15) is 0 Å². The van der Waals surface area contributed by atoms with Crippen molar-refractivity contribution in [1.29, 1.82) is 0 Å². The number of aromatic nitrogens is 2. The molecule has 1 aliphatic heterocycles. The molecule has 0 radical (unpaired) electrons. The Kier molecular flexibility index (Phi) is 6.21. The fourth-order valence-corrected chi connectivity index (χ4v) is 3.51. The molecule has 1 aromatic heterocycles. The summed E-state index contributed by atoms with van der Waals surface area (Å²) in [4.78, 5) is 23.2. The zero-order valence-electron chi connectivity index (χ0n) is 15.7. The predicted octanol–water partition coefficient (Wildman–Crippen LogP) is 3.24. The van der Waals surface area contributed by atoms with E-state index in [1.807, 2.05) is 17.9 Å². The number of carbonyl (C=O) groups excluding carboxylic acids is 1. The standard InChI is InChI=1S/C21H28N4O/c1-3-19-14-20(24-16(2)23-19)22-15-21(26)25-11-9-18(10-12-25)13-17-7-5-4-6-8-17/h4-8,14,18H,3,9-13,15H2,1-2H3,(H,22,23,24). The Morgan fingerprint density at radius 2 is 1.92 bits per heavy atom. The van der Waals surface area contributed by atoms with E-state index in [9.17, 15) is 4.79 Å². The number of rotatable bonds is 6. The van der Waals surface area contributed by atoms with Gasteiger partial charge in [-0.15, -0.1) is 0 Å². The molecule has 3 rings (SSSR count). The van der Waals surface area contributed by atoms with Crippen LogP contribution in [0.2, 0.25) is 0 Å². The number of aryl methyl sites for hydroxylation is 2. The molecule has 2 heterocycles. The number of likely N-dealkylation sites (tertiary alicyclic amines) is 1. The third kappa shape index (κ3) is 5.04. The minimum atomic E-state index is 0.150. The Labute approximate surface area is 155 Å². The van der Waals surface area contributed by atoms with Gasteiger partial charge in [-0.05, 0) is 44.1 Å². The van der Waals surface area contributed by atoms with Crippen molar-refractivity contribution in [3.63, 3.8) is 0 Å². The maximum absolute atomic E-state index is 12.5. The number of carbonyl (C=O) groups is 1. The summed E-state index contributed by atoms with van der Waals surface area (Å²) < 4.78 is 0. The lowest BCUT2D eigenvalue weighted by molar-refractivity contribution is -0.130. The Bertz CT molecular complexity index is 724. The summed E-state index contributed by atoms with van der Waals surface area (Å²) in [6.45, 7) is 5.94. The molecule has 1 aliphatic rings. The van der Waals surface area contributed by atoms with Crippen LogP contribution in [0.1, 0.15) is 36.8 Å². The number of nitrogens with zero attached hydrogens (tertiary/aromatic N) is 3. The quantitative estimate of drug-likeness (QED) is 0.867. The molecule has 0 unspecified atom stereocenters. The first-order valence-corrected chi connectivity index (χ1v) is 9.54. The van der Waals surface area contributed by atoms with Gasteiger partial charge in [0, 0.05) is 24.8 Å². The zero-order valence-corrected chi connectivity index (χ0v) is 15.7. The molecular weight excluding hydrogens is 324 g/mol. The smallest absolute Gasteiger partial charge is 0.241 e. The highest BCUT2D eigenvalue weighted by molar-refractivity contribution is 5.80. The van der Waals surface area contributed by atoms with E-state index in [0.717, 1.165) is 56.1 Å². The van der Waals surface area contributed by atoms with Crippen molar-refractivity contribution in [3.8, 4) is 0 Å². The maximum Gasteiger partial charge on any atom is 0.241 e. The number of benzene rings is 1. The second-order valence-electron chi connectivity index (χ2n) is 7.01. The number of hydrogen-bond donors (Lipinski definition) is 1. The lowest BCUT2D eigenvalue weighted by Crippen LogP contribution is -2.41. The maximum atomic E-state index is 12.5. The minimum Gasteiger partial charge on any atom is -0.361 e. The van der Waals surface area contributed by atoms with Gasteiger partial charge >= 0.3 is 0 Å². The van der Waals surface area contributed by atoms with Gasteiger partial charge in [0.1, 0.15) is 11.6 Å². The normalized spacial score (nSPS) is 15.1. The fourth-order valence-electron chi connectivity index (χ4n) is 3.51. The van der Waals surface area contributed by atoms with Crippen LogP contribution >= 0.6 is 0 Å². The minimum absolute atomic E-state index is 0.150. The molecule has 1 saturated heterocycles. The average molecular weight is 352 g/mol. The highest BCUT2D eigenvalue weighted by Gasteiger charge is 2.22. The van der Waals surface area contributed by atoms with E-state index in [0.29, 0.717) is 12.5 Å². The number of nitrogens with one attached hydrogen (secondary N) is 1. The second kappa shape index (κ2) is 8.79. The summed E-state index contributed by atoms with van der Waals surface area (Å²) in [5, 5.41) is 3.17. The first kappa shape index (κ1) is 18.4. The summed E-state index contributed by atoms with van der Waals surface area (Å²) in [7, 11) is 0. The molecule has 0 aliphatic carbocycles. The summed E-state index contributed by atoms with van der Waals surface area (Å²) >= 11 is 0. The highest BCUT2D eigenvalue weighted by atomic mass is 16.2. The van der Waals surface area contributed by atoms with Crippen LogP contribution < -0.4 is 5.32 Å². The van der Waals surface area contributed by atoms with E-state index in [4.69, 9.17) is 0 Å². The monoisotopic (exact) mass is 352 g/mol. The Morgan fingerprint density at radius 1 is 1.19 bits per heavy atom. The molecule has 0 atom stereocenters. The van der Waals surface area contributed by atoms with Crippen molar-refractivity contribution in [1.82, 2.24) is 14.9 Å². The van der Waals surface area contributed by atoms with Crippen molar-refractivity contribution >= 4 is 11.7 Å². The van der Waals surface area contributed by atoms with Crippen LogP contribution in [0.3, 0.4) is 0 Å². The van der Waals surface area contributed by atoms with Crippen LogP contribution in [-0.2, 0) is 17.6 Å². The Hall–Kier alpha value is -2.43. The van der Waals surface area contributed by atoms with E-state index >= 15 is 0 Å². The molecular formula is C21H28N4O. The number of piperidine rings is 1. The average Bonchev–Trinajstić information content (AvgIpc) is 2.67. The largest absolute Gasteiger partial charge is 0.361 e. The summed E-state index contributed by atoms with van der Waals surface area (Å²) in [5.41, 5.74) is 2.39. The molecule has 5 nitrogen and oxygen atoms in total. The zero-order chi connectivity index (χ0) is 18.4. The number of hydrogen-bond acceptors (Lipinski definition) is 4. The van der Waals surface area contributed by atoms with Crippen LogP contribution in [0.15, 0.2) is 36.4 Å². The molecule has 0 spiro atoms. The van der Waals surface area contributed by atoms with Crippen molar-refractivity contribution in [2.75, 3.05) is 25.0 Å². The summed E-state index contributed by atoms with van der Waals surface area (Å²) in [6.07, 6.45) is 4.13. The van der Waals surface area contributed by atoms with E-state index in [1.54, 1.807) is 0 Å². The van der Waals surface area contributed by atoms with Gasteiger partial charge in [-0.1, -0.05) is 37.3 Å². The topological polar surface area (TPSA) is 58.1 Å². The van der Waals surface area contributed by atoms with Gasteiger partial charge in [0.15, 0.2) is 0 Å². The molecule has 2 aromatic rings. The fraction of sp³-hybridized carbons (Fsp3) is 0.476. The van der Waals surface area contributed by atoms with Crippen molar-refractivity contribution in [2.24, 2.45) is 5.92 Å². The molecule has 1 aromatic carbocycles. The van der Waals surface area contributed by atoms with Crippen molar-refractivity contribution < 1.29 is 4.79 Å². The van der Waals surface area contributed by atoms with Crippen LogP contribution in [0.5, 0.6) is 0 Å². The van der Waals surface area contributed by atoms with Gasteiger partial charge in [0.2, 0.25) is 5.91 Å². The Balaban J connectivity index is 1.46. The second-order valence-corrected chi connectivity index (χ2v) is 7.01. The molecule has 5 heteroatoms. The highest BCUT2D eigenvalue weighted by Crippen LogP contribution is 2.21. The van der Waals surface area contributed by atoms with Crippen LogP contribution in [0, 0.1) is 12.8 Å². The van der Waals surface area contributed by atoms with Gasteiger partial charge < -0.3 is 10.2 Å². The van der Waals surface area contributed by atoms with E-state index in [1.165, 1.54) is 5.56 Å². The van der Waals surface area contributed by atoms with Crippen molar-refractivity contribution in [3.05, 3.63) is 53.5 Å². The third-order valence-electron chi connectivity index (χ3n) is 5.01. The summed E-state index contributed by atoms with van der Waals surface area (Å²) in [6, 6.07) is 12.6. The molecule has 0 bridgehead atoms. The van der Waals surface area contributed by atoms with E-state index in [-0.39, 0.29) is 5.91 Å². The van der Waals surface area contributed by atoms with Gasteiger partial charge in [-0.3, -0.25) is 4.79 Å². The van der Waals surface area contributed by atoms with E-state index in [2.05, 4.69) is 52.5 Å². The molecule has 138 valence electrons. The molecule has 1 amide bonds. The molecule has 26 heavy (non-hydrogen) atoms. The molecule has 0 saturated carbocycles. The summed E-state index contributed by atoms with van der Waals surface area (Å²) in [5.74, 6) is 2.30. The van der Waals surface area contributed by atoms with Crippen LogP contribution in [-0.4, -0.2) is 40.4 Å². The van der Waals surface area contributed by atoms with E-state index < -0.39 is 0 Å². The first-order chi connectivity index (χ1) is 12.6. The SMILES string of the molecule is CCc1cc(NCC(=O)N2CCC(Cc3ccccc3)CC2)nc(C)n1. The lowest BCUT2D eigenvalue weighted by atomic mass is 9.90. The van der Waals surface area contributed by atoms with Crippen LogP contribution in [0.25, 0.3) is 0 Å².